The van der Waals surface area contributed by atoms with Gasteiger partial charge in [0.25, 0.3) is 5.91 Å². The molecule has 3 rings (SSSR count). The van der Waals surface area contributed by atoms with Crippen LogP contribution in [0.1, 0.15) is 54.4 Å². The van der Waals surface area contributed by atoms with Crippen molar-refractivity contribution in [3.8, 4) is 0 Å². The van der Waals surface area contributed by atoms with Crippen molar-refractivity contribution in [3.05, 3.63) is 35.4 Å². The second-order valence-corrected chi connectivity index (χ2v) is 7.10. The zero-order valence-corrected chi connectivity index (χ0v) is 15.5. The van der Waals surface area contributed by atoms with Crippen LogP contribution >= 0.6 is 0 Å². The van der Waals surface area contributed by atoms with Gasteiger partial charge in [-0.2, -0.15) is 0 Å². The molecule has 2 aliphatic rings. The number of carbonyl (C=O) groups excluding carboxylic acids is 2. The highest BCUT2D eigenvalue weighted by Crippen LogP contribution is 2.24. The van der Waals surface area contributed by atoms with E-state index in [1.54, 1.807) is 4.90 Å². The number of benzene rings is 1. The van der Waals surface area contributed by atoms with Crippen LogP contribution in [-0.2, 0) is 4.74 Å². The summed E-state index contributed by atoms with van der Waals surface area (Å²) in [4.78, 5) is 26.1. The molecule has 6 heteroatoms. The van der Waals surface area contributed by atoms with Gasteiger partial charge >= 0.3 is 6.09 Å². The first-order valence-corrected chi connectivity index (χ1v) is 9.70. The van der Waals surface area contributed by atoms with Gasteiger partial charge in [-0.1, -0.05) is 12.1 Å². The van der Waals surface area contributed by atoms with E-state index in [1.165, 1.54) is 18.4 Å². The predicted octanol–water partition coefficient (Wildman–Crippen LogP) is 2.50. The molecule has 0 bridgehead atoms. The monoisotopic (exact) mass is 359 g/mol. The van der Waals surface area contributed by atoms with Crippen LogP contribution in [0, 0.1) is 0 Å². The number of nitrogens with zero attached hydrogens (tertiary/aromatic N) is 1. The molecule has 6 nitrogen and oxygen atoms in total. The number of hydrogen-bond acceptors (Lipinski definition) is 4. The lowest BCUT2D eigenvalue weighted by Gasteiger charge is -2.31. The molecule has 26 heavy (non-hydrogen) atoms. The Morgan fingerprint density at radius 3 is 2.77 bits per heavy atom. The van der Waals surface area contributed by atoms with Crippen molar-refractivity contribution in [2.75, 3.05) is 32.8 Å². The van der Waals surface area contributed by atoms with Gasteiger partial charge in [0.1, 0.15) is 0 Å². The smallest absolute Gasteiger partial charge is 0.409 e. The fraction of sp³-hybridized carbons (Fsp3) is 0.600. The quantitative estimate of drug-likeness (QED) is 0.867. The van der Waals surface area contributed by atoms with Crippen molar-refractivity contribution in [2.24, 2.45) is 0 Å². The van der Waals surface area contributed by atoms with E-state index >= 15 is 0 Å². The Labute approximate surface area is 155 Å². The van der Waals surface area contributed by atoms with Gasteiger partial charge in [-0.3, -0.25) is 4.79 Å². The first-order chi connectivity index (χ1) is 12.7. The number of nitrogens with one attached hydrogen (secondary N) is 2. The number of piperidine rings is 2. The number of hydrogen-bond donors (Lipinski definition) is 2. The van der Waals surface area contributed by atoms with E-state index < -0.39 is 0 Å². The Morgan fingerprint density at radius 2 is 2.08 bits per heavy atom. The molecule has 2 heterocycles. The molecule has 0 unspecified atom stereocenters. The molecule has 2 saturated heterocycles. The SMILES string of the molecule is CCOC(=O)N1CCC(NC(=O)c2cccc([C@@H]3CCCNC3)c2)CC1. The number of carbonyl (C=O) groups is 2. The summed E-state index contributed by atoms with van der Waals surface area (Å²) in [5, 5.41) is 6.55. The van der Waals surface area contributed by atoms with Crippen LogP contribution in [0.5, 0.6) is 0 Å². The summed E-state index contributed by atoms with van der Waals surface area (Å²) in [7, 11) is 0. The van der Waals surface area contributed by atoms with E-state index in [0.717, 1.165) is 31.5 Å². The van der Waals surface area contributed by atoms with Gasteiger partial charge in [0, 0.05) is 31.2 Å². The van der Waals surface area contributed by atoms with Gasteiger partial charge in [0.05, 0.1) is 6.61 Å². The predicted molar refractivity (Wildman–Crippen MR) is 100 cm³/mol. The summed E-state index contributed by atoms with van der Waals surface area (Å²) in [6, 6.07) is 8.10. The van der Waals surface area contributed by atoms with E-state index in [2.05, 4.69) is 16.7 Å². The maximum Gasteiger partial charge on any atom is 0.409 e. The van der Waals surface area contributed by atoms with Crippen LogP contribution in [0.4, 0.5) is 4.79 Å². The van der Waals surface area contributed by atoms with Crippen molar-refractivity contribution in [2.45, 2.75) is 44.6 Å². The van der Waals surface area contributed by atoms with Crippen molar-refractivity contribution in [1.29, 1.82) is 0 Å². The molecule has 0 radical (unpaired) electrons. The Bertz CT molecular complexity index is 620. The molecule has 1 aromatic rings. The van der Waals surface area contributed by atoms with E-state index in [9.17, 15) is 9.59 Å². The summed E-state index contributed by atoms with van der Waals surface area (Å²) < 4.78 is 5.03. The third-order valence-corrected chi connectivity index (χ3v) is 5.27. The lowest BCUT2D eigenvalue weighted by Crippen LogP contribution is -2.46. The van der Waals surface area contributed by atoms with Crippen LogP contribution in [0.25, 0.3) is 0 Å². The Kier molecular flexibility index (Phi) is 6.50. The van der Waals surface area contributed by atoms with Gasteiger partial charge in [0.15, 0.2) is 0 Å². The largest absolute Gasteiger partial charge is 0.450 e. The number of amides is 2. The van der Waals surface area contributed by atoms with Crippen molar-refractivity contribution >= 4 is 12.0 Å². The zero-order chi connectivity index (χ0) is 18.4. The number of ether oxygens (including phenoxy) is 1. The van der Waals surface area contributed by atoms with E-state index in [0.29, 0.717) is 25.6 Å². The van der Waals surface area contributed by atoms with E-state index in [-0.39, 0.29) is 18.0 Å². The van der Waals surface area contributed by atoms with Crippen molar-refractivity contribution in [1.82, 2.24) is 15.5 Å². The second kappa shape index (κ2) is 9.03. The molecule has 0 aromatic heterocycles. The molecule has 2 aliphatic heterocycles. The summed E-state index contributed by atoms with van der Waals surface area (Å²) in [6.45, 7) is 5.51. The molecule has 0 spiro atoms. The summed E-state index contributed by atoms with van der Waals surface area (Å²) >= 11 is 0. The van der Waals surface area contributed by atoms with Crippen LogP contribution in [-0.4, -0.2) is 55.7 Å². The number of likely N-dealkylation sites (tertiary alicyclic amines) is 1. The summed E-state index contributed by atoms with van der Waals surface area (Å²) in [6.07, 6.45) is 3.61. The summed E-state index contributed by atoms with van der Waals surface area (Å²) in [5.41, 5.74) is 1.96. The van der Waals surface area contributed by atoms with Crippen molar-refractivity contribution < 1.29 is 14.3 Å². The molecule has 142 valence electrons. The van der Waals surface area contributed by atoms with Gasteiger partial charge in [-0.15, -0.1) is 0 Å². The standard InChI is InChI=1S/C20H29N3O3/c1-2-26-20(25)23-11-8-18(9-12-23)22-19(24)16-6-3-5-15(13-16)17-7-4-10-21-14-17/h3,5-6,13,17-18,21H,2,4,7-12,14H2,1H3,(H,22,24)/t17-/m1/s1. The number of rotatable bonds is 4. The highest BCUT2D eigenvalue weighted by Gasteiger charge is 2.25. The van der Waals surface area contributed by atoms with Gasteiger partial charge < -0.3 is 20.3 Å². The Balaban J connectivity index is 1.53. The first kappa shape index (κ1) is 18.7. The maximum atomic E-state index is 12.6. The van der Waals surface area contributed by atoms with Gasteiger partial charge in [0.2, 0.25) is 0 Å². The van der Waals surface area contributed by atoms with Gasteiger partial charge in [-0.25, -0.2) is 4.79 Å². The molecule has 1 aromatic carbocycles. The van der Waals surface area contributed by atoms with Crippen molar-refractivity contribution in [3.63, 3.8) is 0 Å². The van der Waals surface area contributed by atoms with Gasteiger partial charge in [-0.05, 0) is 62.8 Å². The highest BCUT2D eigenvalue weighted by molar-refractivity contribution is 5.94. The second-order valence-electron chi connectivity index (χ2n) is 7.10. The molecule has 2 fully saturated rings. The molecular formula is C20H29N3O3. The highest BCUT2D eigenvalue weighted by atomic mass is 16.6. The van der Waals surface area contributed by atoms with E-state index in [4.69, 9.17) is 4.74 Å². The summed E-state index contributed by atoms with van der Waals surface area (Å²) in [5.74, 6) is 0.467. The lowest BCUT2D eigenvalue weighted by atomic mass is 9.90. The van der Waals surface area contributed by atoms with Crippen LogP contribution in [0.3, 0.4) is 0 Å². The van der Waals surface area contributed by atoms with E-state index in [1.807, 2.05) is 25.1 Å². The van der Waals surface area contributed by atoms with Crippen LogP contribution < -0.4 is 10.6 Å². The average molecular weight is 359 g/mol. The first-order valence-electron chi connectivity index (χ1n) is 9.70. The molecule has 0 aliphatic carbocycles. The third kappa shape index (κ3) is 4.75. The molecule has 2 amide bonds. The normalized spacial score (nSPS) is 21.3. The molecule has 1 atom stereocenters. The minimum Gasteiger partial charge on any atom is -0.450 e. The Hall–Kier alpha value is -2.08. The lowest BCUT2D eigenvalue weighted by molar-refractivity contribution is 0.0860. The van der Waals surface area contributed by atoms with Crippen LogP contribution in [0.15, 0.2) is 24.3 Å². The minimum absolute atomic E-state index is 0.0230. The average Bonchev–Trinajstić information content (AvgIpc) is 2.69. The van der Waals surface area contributed by atoms with Crippen LogP contribution in [0.2, 0.25) is 0 Å². The minimum atomic E-state index is -0.258. The Morgan fingerprint density at radius 1 is 1.27 bits per heavy atom. The molecule has 2 N–H and O–H groups in total. The third-order valence-electron chi connectivity index (χ3n) is 5.27. The topological polar surface area (TPSA) is 70.7 Å². The zero-order valence-electron chi connectivity index (χ0n) is 15.5. The molecular weight excluding hydrogens is 330 g/mol. The maximum absolute atomic E-state index is 12.6. The molecule has 0 saturated carbocycles. The fourth-order valence-electron chi connectivity index (χ4n) is 3.76. The fourth-order valence-corrected chi connectivity index (χ4v) is 3.76.